The molecule has 112 heavy (non-hydrogen) atoms. The first-order valence-electron chi connectivity index (χ1n) is 36.1. The SMILES string of the molecule is C[C@@]12S[C@@](c3ccc4ccccc4n3)(NC1=O)[C@@H]([N+](=O)[O-])[C@@H]2c1ccccc1.C[C@@]12S[C@@](c3ccc4ccccc4n3)(NC1=O)[C@@H]([N+](=O)[O-])[C@@H]2c1ccccc1.C[C@@]12S[C@@](c3ccc4ccccc4n3)(NC1=O)[C@@H]([N+](=O)[O-])[C@@H]2c1ccccc1.C[C@@]12S[C@@](c3ccc4ccccc4n3)(NC1=O)[C@@H]([N+](=O)[O-])[C@@H]2c1ccccc1. The molecule has 4 amide bonds. The van der Waals surface area contributed by atoms with E-state index in [-0.39, 0.29) is 43.3 Å². The Bertz CT molecular complexity index is 5200. The molecular weight excluding hydrogens is 1500 g/mol. The largest absolute Gasteiger partial charge is 0.329 e. The first kappa shape index (κ1) is 73.1. The Labute approximate surface area is 656 Å². The van der Waals surface area contributed by atoms with Gasteiger partial charge in [0.25, 0.3) is 24.2 Å². The van der Waals surface area contributed by atoms with Gasteiger partial charge in [0, 0.05) is 41.2 Å². The second-order valence-corrected chi connectivity index (χ2v) is 36.4. The Hall–Kier alpha value is -11.7. The number of amides is 4. The van der Waals surface area contributed by atoms with Gasteiger partial charge in [-0.1, -0.05) is 218 Å². The fraction of sp³-hybridized carbons (Fsp3) is 0.238. The van der Waals surface area contributed by atoms with E-state index in [1.165, 1.54) is 47.0 Å². The Morgan fingerprint density at radius 1 is 0.268 bits per heavy atom. The molecule has 8 bridgehead atoms. The summed E-state index contributed by atoms with van der Waals surface area (Å²) in [6.07, 6.45) is 0. The number of fused-ring (bicyclic) bond motifs is 12. The van der Waals surface area contributed by atoms with Crippen LogP contribution >= 0.6 is 47.0 Å². The number of carbonyl (C=O) groups is 4. The molecule has 4 N–H and O–H groups in total. The normalized spacial score (nSPS) is 31.1. The standard InChI is InChI=1S/4C21H17N3O3S/c4*1-20-17(14-8-3-2-4-9-14)18(24(26)27)21(28-20,23-19(20)25)16-12-11-13-7-5-6-10-15(13)22-16/h4*2-12,17-18H,1H3,(H,23,25)/t4*17-,18-,20-,21+/m0000/s1. The average molecular weight is 1570 g/mol. The molecule has 8 aromatic carbocycles. The van der Waals surface area contributed by atoms with Gasteiger partial charge in [0.1, 0.15) is 19.0 Å². The molecule has 24 nitrogen and oxygen atoms in total. The second kappa shape index (κ2) is 27.1. The van der Waals surface area contributed by atoms with E-state index in [9.17, 15) is 59.6 Å². The van der Waals surface area contributed by atoms with Crippen molar-refractivity contribution in [3.05, 3.63) is 352 Å². The van der Waals surface area contributed by atoms with E-state index in [0.717, 1.165) is 65.9 Å². The van der Waals surface area contributed by atoms with Crippen LogP contribution < -0.4 is 21.3 Å². The number of rotatable bonds is 12. The molecule has 20 rings (SSSR count). The number of pyridine rings is 4. The van der Waals surface area contributed by atoms with Crippen molar-refractivity contribution < 1.29 is 38.9 Å². The van der Waals surface area contributed by atoms with Crippen molar-refractivity contribution >= 4 is 114 Å². The molecule has 0 aliphatic carbocycles. The summed E-state index contributed by atoms with van der Waals surface area (Å²) in [5, 5.41) is 64.7. The van der Waals surface area contributed by atoms with Gasteiger partial charge in [-0.25, -0.2) is 19.9 Å². The lowest BCUT2D eigenvalue weighted by atomic mass is 9.74. The Morgan fingerprint density at radius 3 is 0.634 bits per heavy atom. The van der Waals surface area contributed by atoms with Gasteiger partial charge in [-0.05, 0) is 98.5 Å². The first-order valence-corrected chi connectivity index (χ1v) is 39.4. The summed E-state index contributed by atoms with van der Waals surface area (Å²) < 4.78 is -3.75. The summed E-state index contributed by atoms with van der Waals surface area (Å²) in [4.78, 5) is 114. The summed E-state index contributed by atoms with van der Waals surface area (Å²) in [5.41, 5.74) is 8.31. The van der Waals surface area contributed by atoms with Crippen molar-refractivity contribution in [2.45, 2.75) is 114 Å². The van der Waals surface area contributed by atoms with Gasteiger partial charge in [0.15, 0.2) is 19.5 Å². The first-order chi connectivity index (χ1) is 53.8. The minimum Gasteiger partial charge on any atom is -0.329 e. The van der Waals surface area contributed by atoms with Crippen LogP contribution in [-0.4, -0.2) is 106 Å². The lowest BCUT2D eigenvalue weighted by Gasteiger charge is -2.34. The Morgan fingerprint density at radius 2 is 0.446 bits per heavy atom. The summed E-state index contributed by atoms with van der Waals surface area (Å²) in [5.74, 6) is -2.91. The van der Waals surface area contributed by atoms with Crippen LogP contribution in [0.25, 0.3) is 43.6 Å². The Kier molecular flexibility index (Phi) is 17.7. The monoisotopic (exact) mass is 1560 g/mol. The van der Waals surface area contributed by atoms with Crippen LogP contribution in [0.1, 0.15) is 96.4 Å². The summed E-state index contributed by atoms with van der Waals surface area (Å²) >= 11 is 5.30. The number of benzene rings is 8. The van der Waals surface area contributed by atoms with E-state index in [1.54, 1.807) is 52.0 Å². The molecule has 560 valence electrons. The average Bonchev–Trinajstić information content (AvgIpc) is 1.54. The van der Waals surface area contributed by atoms with Crippen LogP contribution in [0.2, 0.25) is 0 Å². The van der Waals surface area contributed by atoms with Crippen molar-refractivity contribution in [3.8, 4) is 0 Å². The van der Waals surface area contributed by atoms with Gasteiger partial charge < -0.3 is 21.3 Å². The number of carbonyl (C=O) groups excluding carboxylic acids is 4. The van der Waals surface area contributed by atoms with Crippen LogP contribution in [0.3, 0.4) is 0 Å². The van der Waals surface area contributed by atoms with E-state index in [4.69, 9.17) is 19.9 Å². The van der Waals surface area contributed by atoms with E-state index in [0.29, 0.717) is 22.8 Å². The van der Waals surface area contributed by atoms with Gasteiger partial charge in [0.2, 0.25) is 23.6 Å². The van der Waals surface area contributed by atoms with E-state index in [2.05, 4.69) is 21.3 Å². The van der Waals surface area contributed by atoms with Gasteiger partial charge in [-0.3, -0.25) is 59.6 Å². The minimum absolute atomic E-state index is 0.181. The van der Waals surface area contributed by atoms with Crippen molar-refractivity contribution in [2.75, 3.05) is 0 Å². The minimum atomic E-state index is -1.19. The maximum atomic E-state index is 13.0. The molecule has 16 atom stereocenters. The quantitative estimate of drug-likeness (QED) is 0.0652. The highest BCUT2D eigenvalue weighted by Gasteiger charge is 2.80. The zero-order valence-electron chi connectivity index (χ0n) is 60.1. The summed E-state index contributed by atoms with van der Waals surface area (Å²) in [7, 11) is 0. The smallest absolute Gasteiger partial charge is 0.259 e. The molecule has 0 radical (unpaired) electrons. The lowest BCUT2D eigenvalue weighted by molar-refractivity contribution is -0.535. The maximum absolute atomic E-state index is 13.0. The number of nitrogens with one attached hydrogen (secondary N) is 4. The lowest BCUT2D eigenvalue weighted by Crippen LogP contribution is -2.59. The van der Waals surface area contributed by atoms with Gasteiger partial charge in [-0.15, -0.1) is 47.0 Å². The molecule has 12 heterocycles. The highest BCUT2D eigenvalue weighted by molar-refractivity contribution is 8.04. The van der Waals surface area contributed by atoms with Gasteiger partial charge >= 0.3 is 0 Å². The van der Waals surface area contributed by atoms with E-state index >= 15 is 0 Å². The van der Waals surface area contributed by atoms with Crippen LogP contribution in [0.5, 0.6) is 0 Å². The van der Waals surface area contributed by atoms with Crippen molar-refractivity contribution in [1.82, 2.24) is 41.2 Å². The summed E-state index contributed by atoms with van der Waals surface area (Å²) in [6.45, 7) is 7.21. The third-order valence-corrected chi connectivity index (χ3v) is 30.2. The predicted molar refractivity (Wildman–Crippen MR) is 430 cm³/mol. The number of thioether (sulfide) groups is 4. The third kappa shape index (κ3) is 11.2. The zero-order valence-corrected chi connectivity index (χ0v) is 63.4. The molecule has 8 saturated heterocycles. The molecule has 28 heteroatoms. The third-order valence-electron chi connectivity index (χ3n) is 23.3. The zero-order chi connectivity index (χ0) is 78.1. The Balaban J connectivity index is 0.000000108. The number of nitro groups is 4. The number of nitrogens with zero attached hydrogens (tertiary/aromatic N) is 8. The second-order valence-electron chi connectivity index (χ2n) is 29.6. The number of hydrogen-bond donors (Lipinski definition) is 4. The van der Waals surface area contributed by atoms with Crippen LogP contribution in [0.15, 0.2) is 267 Å². The van der Waals surface area contributed by atoms with Crippen LogP contribution in [0, 0.1) is 40.5 Å². The molecule has 0 unspecified atom stereocenters. The molecule has 12 aromatic rings. The van der Waals surface area contributed by atoms with Gasteiger partial charge in [-0.2, -0.15) is 0 Å². The predicted octanol–water partition coefficient (Wildman–Crippen LogP) is 13.8. The van der Waals surface area contributed by atoms with E-state index < -0.39 is 86.3 Å². The van der Waals surface area contributed by atoms with E-state index in [1.807, 2.05) is 243 Å². The topological polar surface area (TPSA) is 341 Å². The molecule has 0 saturated carbocycles. The molecule has 0 spiro atoms. The molecular formula is C84H68N12O12S4. The summed E-state index contributed by atoms with van der Waals surface area (Å²) in [6, 6.07) is 78.4. The number of para-hydroxylation sites is 4. The van der Waals surface area contributed by atoms with Crippen molar-refractivity contribution in [2.24, 2.45) is 0 Å². The molecule has 8 aliphatic rings. The molecule has 4 aromatic heterocycles. The highest BCUT2D eigenvalue weighted by Crippen LogP contribution is 2.70. The fourth-order valence-corrected chi connectivity index (χ4v) is 25.8. The number of piperidine rings is 4. The van der Waals surface area contributed by atoms with Crippen molar-refractivity contribution in [3.63, 3.8) is 0 Å². The number of hydrogen-bond acceptors (Lipinski definition) is 20. The van der Waals surface area contributed by atoms with Gasteiger partial charge in [0.05, 0.1) is 68.5 Å². The molecule has 8 fully saturated rings. The highest BCUT2D eigenvalue weighted by atomic mass is 32.2. The fourth-order valence-electron chi connectivity index (χ4n) is 18.2. The number of aromatic nitrogens is 4. The van der Waals surface area contributed by atoms with Crippen LogP contribution in [0.4, 0.5) is 0 Å². The van der Waals surface area contributed by atoms with Crippen molar-refractivity contribution in [1.29, 1.82) is 0 Å². The molecule has 8 aliphatic heterocycles. The van der Waals surface area contributed by atoms with Crippen LogP contribution in [-0.2, 0) is 38.7 Å². The maximum Gasteiger partial charge on any atom is 0.259 e.